The predicted octanol–water partition coefficient (Wildman–Crippen LogP) is 5.29. The van der Waals surface area contributed by atoms with Crippen LogP contribution >= 0.6 is 18.4 Å². The summed E-state index contributed by atoms with van der Waals surface area (Å²) in [6.07, 6.45) is 3.85. The quantitative estimate of drug-likeness (QED) is 0.209. The third-order valence-electron chi connectivity index (χ3n) is 5.46. The summed E-state index contributed by atoms with van der Waals surface area (Å²) in [5.41, 5.74) is 4.03. The van der Waals surface area contributed by atoms with Crippen molar-refractivity contribution < 1.29 is 13.2 Å². The molecule has 31 heavy (non-hydrogen) atoms. The molecule has 0 bridgehead atoms. The Labute approximate surface area is 186 Å². The molecule has 6 nitrogen and oxygen atoms in total. The molecule has 0 unspecified atom stereocenters. The van der Waals surface area contributed by atoms with Gasteiger partial charge in [0.05, 0.1) is 0 Å². The molecule has 0 atom stereocenters. The van der Waals surface area contributed by atoms with Gasteiger partial charge in [0.25, 0.3) is 0 Å². The standard InChI is InChI=1S/C23H22IN3O3S/c1-30-21-10-3-2-9-19(21)22-20-14-17(15-25-23(20)27-26-22)16-7-6-8-18(13-16)31(28,29)24-11-4-5-12-24/h2-3,6-10,13-15H,4-5,11-12H2,1H3,(H,25,26,27). The SMILES string of the molecule is COc1ccccc1-c1[nH]nc2ncc(-c3cccc(S(=O)(=O)I4CCCC4)c3)cc12. The first-order valence-corrected chi connectivity index (χ1v) is 17.1. The Morgan fingerprint density at radius 2 is 1.81 bits per heavy atom. The third kappa shape index (κ3) is 3.71. The molecule has 5 rings (SSSR count). The van der Waals surface area contributed by atoms with Crippen LogP contribution in [0.15, 0.2) is 65.7 Å². The van der Waals surface area contributed by atoms with Gasteiger partial charge in [0.15, 0.2) is 0 Å². The molecule has 2 aromatic carbocycles. The van der Waals surface area contributed by atoms with E-state index in [-0.39, 0.29) is 0 Å². The number of nitrogens with one attached hydrogen (secondary N) is 1. The monoisotopic (exact) mass is 547 g/mol. The van der Waals surface area contributed by atoms with Crippen LogP contribution in [0.3, 0.4) is 0 Å². The number of aromatic amines is 1. The molecule has 1 fully saturated rings. The Kier molecular flexibility index (Phi) is 5.43. The summed E-state index contributed by atoms with van der Waals surface area (Å²) >= 11 is -1.99. The summed E-state index contributed by atoms with van der Waals surface area (Å²) in [5, 5.41) is 8.27. The molecule has 3 heterocycles. The van der Waals surface area contributed by atoms with E-state index in [9.17, 15) is 8.42 Å². The first kappa shape index (κ1) is 20.4. The minimum atomic E-state index is -3.16. The molecular weight excluding hydrogens is 525 g/mol. The van der Waals surface area contributed by atoms with Crippen LogP contribution in [0.1, 0.15) is 12.8 Å². The Bertz CT molecular complexity index is 1360. The van der Waals surface area contributed by atoms with E-state index in [2.05, 4.69) is 15.2 Å². The van der Waals surface area contributed by atoms with Gasteiger partial charge in [-0.05, 0) is 0 Å². The summed E-state index contributed by atoms with van der Waals surface area (Å²) < 4.78 is 33.6. The summed E-state index contributed by atoms with van der Waals surface area (Å²) in [4.78, 5) is 4.96. The number of fused-ring (bicyclic) bond motifs is 1. The van der Waals surface area contributed by atoms with E-state index in [4.69, 9.17) is 4.74 Å². The van der Waals surface area contributed by atoms with Gasteiger partial charge < -0.3 is 0 Å². The second-order valence-corrected chi connectivity index (χ2v) is 19.6. The van der Waals surface area contributed by atoms with Crippen LogP contribution in [0.5, 0.6) is 5.75 Å². The second-order valence-electron chi connectivity index (χ2n) is 7.35. The van der Waals surface area contributed by atoms with Crippen molar-refractivity contribution in [2.75, 3.05) is 16.0 Å². The van der Waals surface area contributed by atoms with Crippen molar-refractivity contribution in [3.63, 3.8) is 0 Å². The van der Waals surface area contributed by atoms with E-state index in [0.29, 0.717) is 10.5 Å². The van der Waals surface area contributed by atoms with Crippen molar-refractivity contribution in [2.45, 2.75) is 17.7 Å². The molecule has 4 aromatic rings. The van der Waals surface area contributed by atoms with Gasteiger partial charge >= 0.3 is 187 Å². The van der Waals surface area contributed by atoms with Crippen LogP contribution in [-0.4, -0.2) is 39.6 Å². The van der Waals surface area contributed by atoms with E-state index >= 15 is 0 Å². The summed E-state index contributed by atoms with van der Waals surface area (Å²) in [5.74, 6) is 0.744. The van der Waals surface area contributed by atoms with Gasteiger partial charge in [-0.2, -0.15) is 0 Å². The number of H-pyrrole nitrogens is 1. The minimum absolute atomic E-state index is 0.453. The zero-order chi connectivity index (χ0) is 21.4. The second kappa shape index (κ2) is 8.23. The molecule has 8 heteroatoms. The average Bonchev–Trinajstić information content (AvgIpc) is 3.49. The molecule has 0 spiro atoms. The molecule has 1 saturated heterocycles. The number of rotatable bonds is 5. The first-order chi connectivity index (χ1) is 15.1. The fourth-order valence-electron chi connectivity index (χ4n) is 3.85. The number of methoxy groups -OCH3 is 1. The third-order valence-corrected chi connectivity index (χ3v) is 19.3. The number of halogens is 1. The van der Waals surface area contributed by atoms with Crippen LogP contribution in [-0.2, 0) is 7.01 Å². The average molecular weight is 547 g/mol. The Morgan fingerprint density at radius 1 is 1.00 bits per heavy atom. The summed E-state index contributed by atoms with van der Waals surface area (Å²) in [6, 6.07) is 17.1. The maximum absolute atomic E-state index is 13.1. The van der Waals surface area contributed by atoms with Gasteiger partial charge in [-0.25, -0.2) is 0 Å². The first-order valence-electron chi connectivity index (χ1n) is 10.0. The number of alkyl halides is 2. The van der Waals surface area contributed by atoms with Gasteiger partial charge in [-0.1, -0.05) is 0 Å². The van der Waals surface area contributed by atoms with Crippen molar-refractivity contribution in [1.29, 1.82) is 0 Å². The van der Waals surface area contributed by atoms with Crippen LogP contribution in [0.25, 0.3) is 33.4 Å². The summed E-state index contributed by atoms with van der Waals surface area (Å²) in [7, 11) is -1.52. The van der Waals surface area contributed by atoms with Crippen LogP contribution in [0.2, 0.25) is 0 Å². The van der Waals surface area contributed by atoms with Crippen LogP contribution < -0.4 is 4.74 Å². The van der Waals surface area contributed by atoms with E-state index in [1.54, 1.807) is 25.4 Å². The van der Waals surface area contributed by atoms with Gasteiger partial charge in [-0.3, -0.25) is 0 Å². The van der Waals surface area contributed by atoms with E-state index < -0.39 is 25.4 Å². The fraction of sp³-hybridized carbons (Fsp3) is 0.217. The normalized spacial score (nSPS) is 15.5. The number of aromatic nitrogens is 3. The van der Waals surface area contributed by atoms with Gasteiger partial charge in [0.2, 0.25) is 0 Å². The number of ether oxygens (including phenoxy) is 1. The van der Waals surface area contributed by atoms with Crippen molar-refractivity contribution in [3.8, 4) is 28.1 Å². The number of hydrogen-bond donors (Lipinski definition) is 1. The molecule has 0 radical (unpaired) electrons. The van der Waals surface area contributed by atoms with Gasteiger partial charge in [-0.15, -0.1) is 0 Å². The van der Waals surface area contributed by atoms with E-state index in [0.717, 1.165) is 55.2 Å². The van der Waals surface area contributed by atoms with Crippen molar-refractivity contribution in [2.24, 2.45) is 0 Å². The zero-order valence-corrected chi connectivity index (χ0v) is 20.0. The molecule has 1 aliphatic rings. The van der Waals surface area contributed by atoms with Gasteiger partial charge in [0.1, 0.15) is 0 Å². The molecule has 1 aliphatic heterocycles. The molecule has 0 aliphatic carbocycles. The van der Waals surface area contributed by atoms with Crippen LogP contribution in [0, 0.1) is 0 Å². The predicted molar refractivity (Wildman–Crippen MR) is 131 cm³/mol. The maximum atomic E-state index is 13.1. The van der Waals surface area contributed by atoms with Gasteiger partial charge in [0, 0.05) is 0 Å². The van der Waals surface area contributed by atoms with Crippen molar-refractivity contribution in [1.82, 2.24) is 15.2 Å². The number of benzene rings is 2. The zero-order valence-electron chi connectivity index (χ0n) is 17.0. The molecule has 1 N–H and O–H groups in total. The number of hydrogen-bond acceptors (Lipinski definition) is 5. The van der Waals surface area contributed by atoms with Crippen LogP contribution in [0.4, 0.5) is 0 Å². The van der Waals surface area contributed by atoms with Crippen molar-refractivity contribution in [3.05, 3.63) is 60.8 Å². The van der Waals surface area contributed by atoms with E-state index in [1.165, 1.54) is 0 Å². The topological polar surface area (TPSA) is 84.9 Å². The number of para-hydroxylation sites is 1. The Morgan fingerprint density at radius 3 is 2.61 bits per heavy atom. The number of nitrogens with zero attached hydrogens (tertiary/aromatic N) is 2. The van der Waals surface area contributed by atoms with E-state index in [1.807, 2.05) is 42.5 Å². The molecule has 0 saturated carbocycles. The Balaban J connectivity index is 1.59. The summed E-state index contributed by atoms with van der Waals surface area (Å²) in [6.45, 7) is 0. The Hall–Kier alpha value is -2.46. The molecule has 2 aromatic heterocycles. The van der Waals surface area contributed by atoms with Crippen molar-refractivity contribution >= 4 is 36.5 Å². The molecule has 160 valence electrons. The number of pyridine rings is 1. The molecular formula is C23H22IN3O3S. The fourth-order valence-corrected chi connectivity index (χ4v) is 16.3. The molecule has 0 amide bonds.